The lowest BCUT2D eigenvalue weighted by Crippen LogP contribution is -2.45. The van der Waals surface area contributed by atoms with Crippen molar-refractivity contribution in [3.05, 3.63) is 96.5 Å². The summed E-state index contributed by atoms with van der Waals surface area (Å²) in [5.74, 6) is 0.700. The van der Waals surface area contributed by atoms with Gasteiger partial charge in [0.2, 0.25) is 0 Å². The second-order valence-electron chi connectivity index (χ2n) is 9.64. The number of hydrogen-bond acceptors (Lipinski definition) is 9. The van der Waals surface area contributed by atoms with E-state index in [4.69, 9.17) is 30.5 Å². The number of aliphatic hydroxyl groups is 1. The molecule has 2 atom stereocenters. The van der Waals surface area contributed by atoms with Gasteiger partial charge in [0, 0.05) is 20.8 Å². The minimum absolute atomic E-state index is 0.171. The normalized spacial score (nSPS) is 15.3. The zero-order chi connectivity index (χ0) is 32.5. The highest BCUT2D eigenvalue weighted by atomic mass is 79.9. The minimum atomic E-state index is -1.18. The Labute approximate surface area is 282 Å². The van der Waals surface area contributed by atoms with Crippen LogP contribution in [0.3, 0.4) is 0 Å². The molecule has 2 amide bonds. The molecule has 14 heteroatoms. The van der Waals surface area contributed by atoms with Gasteiger partial charge in [0.1, 0.15) is 19.0 Å². The van der Waals surface area contributed by atoms with E-state index in [0.717, 1.165) is 14.5 Å². The monoisotopic (exact) mass is 764 g/mol. The molecule has 0 saturated heterocycles. The van der Waals surface area contributed by atoms with Crippen molar-refractivity contribution in [2.45, 2.75) is 32.7 Å². The van der Waals surface area contributed by atoms with Gasteiger partial charge in [0.05, 0.1) is 36.0 Å². The van der Waals surface area contributed by atoms with Crippen LogP contribution in [0.2, 0.25) is 5.02 Å². The van der Waals surface area contributed by atoms with E-state index in [1.807, 2.05) is 31.2 Å². The van der Waals surface area contributed by atoms with Crippen molar-refractivity contribution >= 4 is 61.7 Å². The average molecular weight is 767 g/mol. The predicted molar refractivity (Wildman–Crippen MR) is 177 cm³/mol. The molecular formula is C31H31Br2ClN4O7. The largest absolute Gasteiger partial charge is 0.490 e. The molecule has 45 heavy (non-hydrogen) atoms. The fourth-order valence-electron chi connectivity index (χ4n) is 4.38. The quantitative estimate of drug-likeness (QED) is 0.0724. The lowest BCUT2D eigenvalue weighted by atomic mass is 9.95. The number of carbonyl (C=O) groups excluding carboxylic acids is 2. The van der Waals surface area contributed by atoms with Crippen LogP contribution in [-0.4, -0.2) is 49.9 Å². The van der Waals surface area contributed by atoms with Crippen LogP contribution in [0.1, 0.15) is 36.6 Å². The Morgan fingerprint density at radius 2 is 1.87 bits per heavy atom. The Morgan fingerprint density at radius 1 is 1.11 bits per heavy atom. The number of hydrogen-bond donors (Lipinski definition) is 4. The highest BCUT2D eigenvalue weighted by Crippen LogP contribution is 2.35. The van der Waals surface area contributed by atoms with Crippen molar-refractivity contribution in [1.82, 2.24) is 16.1 Å². The maximum atomic E-state index is 12.5. The fourth-order valence-corrected chi connectivity index (χ4v) is 5.88. The summed E-state index contributed by atoms with van der Waals surface area (Å²) in [6.07, 6.45) is 0.350. The molecular weight excluding hydrogens is 736 g/mol. The summed E-state index contributed by atoms with van der Waals surface area (Å²) in [5, 5.41) is 20.7. The number of rotatable bonds is 13. The Kier molecular flexibility index (Phi) is 12.1. The number of esters is 1. The molecule has 0 unspecified atom stereocenters. The summed E-state index contributed by atoms with van der Waals surface area (Å²) in [6.45, 7) is 3.90. The molecule has 3 aromatic carbocycles. The molecule has 0 spiro atoms. The van der Waals surface area contributed by atoms with E-state index in [-0.39, 0.29) is 12.2 Å². The van der Waals surface area contributed by atoms with Crippen LogP contribution < -0.4 is 30.3 Å². The summed E-state index contributed by atoms with van der Waals surface area (Å²) in [7, 11) is 1.27. The Morgan fingerprint density at radius 3 is 2.58 bits per heavy atom. The number of benzene rings is 3. The highest BCUT2D eigenvalue weighted by Gasteiger charge is 2.32. The standard InChI is InChI=1S/C31H31Br2ClN4O7/c1-4-43-25-12-19(28-27(30(40)42-3)17(2)36-31(41)37-28)7-10-24(25)44-16-26(39)38-35-14-20-11-21(32)13-23(33)29(20)45-15-18-5-8-22(34)9-6-18/h5-14,26,28,38-39H,4,15-16H2,1-3H3,(H2,36,37,41)/b35-14+/t26-,28+/m1/s1. The summed E-state index contributed by atoms with van der Waals surface area (Å²) in [6, 6.07) is 14.8. The molecule has 4 N–H and O–H groups in total. The molecule has 11 nitrogen and oxygen atoms in total. The number of urea groups is 1. The number of hydrazone groups is 1. The number of nitrogens with one attached hydrogen (secondary N) is 3. The van der Waals surface area contributed by atoms with Crippen molar-refractivity contribution in [1.29, 1.82) is 0 Å². The van der Waals surface area contributed by atoms with Crippen molar-refractivity contribution in [2.75, 3.05) is 20.3 Å². The first-order valence-corrected chi connectivity index (χ1v) is 15.6. The van der Waals surface area contributed by atoms with Gasteiger partial charge in [-0.05, 0) is 77.3 Å². The van der Waals surface area contributed by atoms with Gasteiger partial charge in [0.15, 0.2) is 17.7 Å². The number of nitrogens with zero attached hydrogens (tertiary/aromatic N) is 1. The van der Waals surface area contributed by atoms with Crippen LogP contribution in [0.4, 0.5) is 4.79 Å². The van der Waals surface area contributed by atoms with E-state index in [0.29, 0.717) is 52.3 Å². The average Bonchev–Trinajstić information content (AvgIpc) is 3.00. The third kappa shape index (κ3) is 9.13. The third-order valence-corrected chi connectivity index (χ3v) is 7.73. The maximum Gasteiger partial charge on any atom is 0.337 e. The molecule has 4 rings (SSSR count). The summed E-state index contributed by atoms with van der Waals surface area (Å²) in [5.41, 5.74) is 5.47. The number of ether oxygens (including phenoxy) is 4. The van der Waals surface area contributed by atoms with Gasteiger partial charge in [-0.3, -0.25) is 5.43 Å². The number of carbonyl (C=O) groups is 2. The summed E-state index contributed by atoms with van der Waals surface area (Å²) >= 11 is 13.0. The van der Waals surface area contributed by atoms with Crippen LogP contribution in [0.25, 0.3) is 0 Å². The summed E-state index contributed by atoms with van der Waals surface area (Å²) in [4.78, 5) is 24.6. The van der Waals surface area contributed by atoms with Gasteiger partial charge in [-0.2, -0.15) is 5.10 Å². The van der Waals surface area contributed by atoms with E-state index in [1.165, 1.54) is 13.3 Å². The molecule has 1 aliphatic heterocycles. The molecule has 0 aromatic heterocycles. The molecule has 0 radical (unpaired) electrons. The van der Waals surface area contributed by atoms with E-state index < -0.39 is 24.3 Å². The number of methoxy groups -OCH3 is 1. The number of aliphatic hydroxyl groups excluding tert-OH is 1. The SMILES string of the molecule is CCOc1cc([C@@H]2NC(=O)NC(C)=C2C(=O)OC)ccc1OC[C@@H](O)N/N=C/c1cc(Br)cc(Br)c1OCc1ccc(Cl)cc1. The smallest absolute Gasteiger partial charge is 0.337 e. The van der Waals surface area contributed by atoms with Crippen LogP contribution >= 0.6 is 43.5 Å². The Bertz CT molecular complexity index is 1600. The molecule has 3 aromatic rings. The van der Waals surface area contributed by atoms with Crippen LogP contribution in [-0.2, 0) is 16.1 Å². The van der Waals surface area contributed by atoms with E-state index in [1.54, 1.807) is 37.3 Å². The zero-order valence-electron chi connectivity index (χ0n) is 24.5. The first-order valence-electron chi connectivity index (χ1n) is 13.7. The van der Waals surface area contributed by atoms with Crippen molar-refractivity contribution in [3.63, 3.8) is 0 Å². The molecule has 0 fully saturated rings. The first-order chi connectivity index (χ1) is 21.6. The van der Waals surface area contributed by atoms with E-state index >= 15 is 0 Å². The fraction of sp³-hybridized carbons (Fsp3) is 0.258. The topological polar surface area (TPSA) is 140 Å². The van der Waals surface area contributed by atoms with Gasteiger partial charge >= 0.3 is 12.0 Å². The van der Waals surface area contributed by atoms with E-state index in [2.05, 4.69) is 53.0 Å². The van der Waals surface area contributed by atoms with Crippen molar-refractivity contribution in [3.8, 4) is 17.2 Å². The first kappa shape index (κ1) is 34.1. The van der Waals surface area contributed by atoms with E-state index in [9.17, 15) is 14.7 Å². The van der Waals surface area contributed by atoms with Gasteiger partial charge in [-0.1, -0.05) is 45.7 Å². The van der Waals surface area contributed by atoms with Crippen molar-refractivity contribution < 1.29 is 33.6 Å². The Balaban J connectivity index is 1.42. The molecule has 0 saturated carbocycles. The lowest BCUT2D eigenvalue weighted by molar-refractivity contribution is -0.136. The van der Waals surface area contributed by atoms with Crippen molar-refractivity contribution in [2.24, 2.45) is 5.10 Å². The highest BCUT2D eigenvalue weighted by molar-refractivity contribution is 9.11. The number of halogens is 3. The molecule has 0 aliphatic carbocycles. The van der Waals surface area contributed by atoms with Gasteiger partial charge in [-0.25, -0.2) is 9.59 Å². The van der Waals surface area contributed by atoms with Gasteiger partial charge < -0.3 is 34.7 Å². The maximum absolute atomic E-state index is 12.5. The molecule has 238 valence electrons. The third-order valence-electron chi connectivity index (χ3n) is 6.43. The van der Waals surface area contributed by atoms with Crippen LogP contribution in [0.5, 0.6) is 17.2 Å². The minimum Gasteiger partial charge on any atom is -0.490 e. The molecule has 0 bridgehead atoms. The molecule has 1 heterocycles. The second kappa shape index (κ2) is 16.0. The lowest BCUT2D eigenvalue weighted by Gasteiger charge is -2.28. The summed E-state index contributed by atoms with van der Waals surface area (Å²) < 4.78 is 24.1. The number of amides is 2. The second-order valence-corrected chi connectivity index (χ2v) is 11.8. The van der Waals surface area contributed by atoms with Gasteiger partial charge in [-0.15, -0.1) is 0 Å². The predicted octanol–water partition coefficient (Wildman–Crippen LogP) is 5.96. The van der Waals surface area contributed by atoms with Crippen LogP contribution in [0, 0.1) is 0 Å². The zero-order valence-corrected chi connectivity index (χ0v) is 28.5. The van der Waals surface area contributed by atoms with Gasteiger partial charge in [0.25, 0.3) is 0 Å². The molecule has 1 aliphatic rings. The van der Waals surface area contributed by atoms with Crippen LogP contribution in [0.15, 0.2) is 79.9 Å². The number of allylic oxidation sites excluding steroid dienone is 1. The Hall–Kier alpha value is -3.78.